The molecule has 3 heteroatoms. The largest absolute Gasteiger partial charge is 0.299 e. The average Bonchev–Trinajstić information content (AvgIpc) is 2.72. The van der Waals surface area contributed by atoms with Gasteiger partial charge in [-0.1, -0.05) is 66.7 Å². The number of hydrogen-bond acceptors (Lipinski definition) is 1. The van der Waals surface area contributed by atoms with Crippen LogP contribution in [0.3, 0.4) is 0 Å². The average molecular weight is 377 g/mol. The Kier molecular flexibility index (Phi) is 5.27. The third-order valence-corrected chi connectivity index (χ3v) is 5.61. The maximum atomic E-state index is 13.6. The van der Waals surface area contributed by atoms with Crippen LogP contribution >= 0.6 is 0 Å². The Labute approximate surface area is 165 Å². The zero-order valence-electron chi connectivity index (χ0n) is 16.2. The first kappa shape index (κ1) is 18.8. The van der Waals surface area contributed by atoms with Gasteiger partial charge in [-0.25, -0.2) is 8.78 Å². The second-order valence-corrected chi connectivity index (χ2v) is 7.64. The van der Waals surface area contributed by atoms with E-state index in [1.54, 1.807) is 12.1 Å². The number of nitrogens with zero attached hydrogens (tertiary/aromatic N) is 1. The summed E-state index contributed by atoms with van der Waals surface area (Å²) >= 11 is 0. The molecule has 0 saturated carbocycles. The van der Waals surface area contributed by atoms with Gasteiger partial charge in [0.15, 0.2) is 0 Å². The molecule has 0 aliphatic carbocycles. The topological polar surface area (TPSA) is 3.24 Å². The Balaban J connectivity index is 1.42. The molecule has 3 aromatic rings. The molecule has 4 rings (SSSR count). The van der Waals surface area contributed by atoms with E-state index in [1.807, 2.05) is 6.07 Å². The summed E-state index contributed by atoms with van der Waals surface area (Å²) in [5.41, 5.74) is 3.57. The summed E-state index contributed by atoms with van der Waals surface area (Å²) in [6.45, 7) is 3.79. The lowest BCUT2D eigenvalue weighted by molar-refractivity contribution is 0.0174. The van der Waals surface area contributed by atoms with Gasteiger partial charge in [0.25, 0.3) is 5.92 Å². The molecule has 1 aliphatic heterocycles. The van der Waals surface area contributed by atoms with Gasteiger partial charge < -0.3 is 0 Å². The van der Waals surface area contributed by atoms with E-state index in [4.69, 9.17) is 0 Å². The molecule has 1 heterocycles. The van der Waals surface area contributed by atoms with Crippen molar-refractivity contribution < 1.29 is 8.78 Å². The molecule has 1 nitrogen and oxygen atoms in total. The van der Waals surface area contributed by atoms with Crippen molar-refractivity contribution in [1.29, 1.82) is 0 Å². The molecule has 0 fully saturated rings. The minimum absolute atomic E-state index is 0.0873. The quantitative estimate of drug-likeness (QED) is 0.505. The summed E-state index contributed by atoms with van der Waals surface area (Å²) in [5.74, 6) is -2.80. The lowest BCUT2D eigenvalue weighted by atomic mass is 9.96. The summed E-state index contributed by atoms with van der Waals surface area (Å²) in [5, 5.41) is 2.61. The maximum absolute atomic E-state index is 13.6. The van der Waals surface area contributed by atoms with Crippen LogP contribution in [0.25, 0.3) is 16.3 Å². The van der Waals surface area contributed by atoms with Gasteiger partial charge in [-0.05, 0) is 46.4 Å². The van der Waals surface area contributed by atoms with Crippen LogP contribution in [-0.2, 0) is 12.3 Å². The van der Waals surface area contributed by atoms with Gasteiger partial charge in [0.2, 0.25) is 0 Å². The zero-order chi connectivity index (χ0) is 19.6. The molecule has 0 radical (unpaired) electrons. The third-order valence-electron chi connectivity index (χ3n) is 5.61. The smallest absolute Gasteiger partial charge is 0.270 e. The predicted molar refractivity (Wildman–Crippen MR) is 113 cm³/mol. The van der Waals surface area contributed by atoms with Gasteiger partial charge in [0.1, 0.15) is 0 Å². The number of benzene rings is 3. The monoisotopic (exact) mass is 377 g/mol. The van der Waals surface area contributed by atoms with Crippen molar-refractivity contribution in [1.82, 2.24) is 4.90 Å². The maximum Gasteiger partial charge on any atom is 0.270 e. The molecule has 0 spiro atoms. The summed E-state index contributed by atoms with van der Waals surface area (Å²) in [4.78, 5) is 2.43. The number of hydrogen-bond donors (Lipinski definition) is 0. The third kappa shape index (κ3) is 4.15. The van der Waals surface area contributed by atoms with Gasteiger partial charge in [-0.15, -0.1) is 0 Å². The second kappa shape index (κ2) is 7.84. The number of halogens is 2. The summed E-state index contributed by atoms with van der Waals surface area (Å²) < 4.78 is 27.2. The Bertz CT molecular complexity index is 995. The molecule has 0 atom stereocenters. The van der Waals surface area contributed by atoms with E-state index in [0.29, 0.717) is 0 Å². The van der Waals surface area contributed by atoms with Gasteiger partial charge in [-0.2, -0.15) is 0 Å². The van der Waals surface area contributed by atoms with E-state index in [0.717, 1.165) is 45.0 Å². The van der Waals surface area contributed by atoms with E-state index in [-0.39, 0.29) is 5.56 Å². The fraction of sp³-hybridized carbons (Fsp3) is 0.280. The van der Waals surface area contributed by atoms with Crippen molar-refractivity contribution in [2.75, 3.05) is 19.6 Å². The van der Waals surface area contributed by atoms with Crippen molar-refractivity contribution in [3.8, 4) is 0 Å². The molecule has 0 N–H and O–H groups in total. The molecule has 144 valence electrons. The van der Waals surface area contributed by atoms with Crippen LogP contribution in [-0.4, -0.2) is 24.5 Å². The molecule has 0 saturated heterocycles. The zero-order valence-corrected chi connectivity index (χ0v) is 16.2. The molecule has 3 aromatic carbocycles. The normalized spacial score (nSPS) is 15.6. The minimum Gasteiger partial charge on any atom is -0.299 e. The van der Waals surface area contributed by atoms with Crippen molar-refractivity contribution in [3.05, 3.63) is 89.5 Å². The molecule has 1 aliphatic rings. The molecular weight excluding hydrogens is 352 g/mol. The van der Waals surface area contributed by atoms with Gasteiger partial charge in [0.05, 0.1) is 0 Å². The van der Waals surface area contributed by atoms with Crippen LogP contribution in [0, 0.1) is 0 Å². The van der Waals surface area contributed by atoms with Crippen LogP contribution in [0.4, 0.5) is 8.78 Å². The Morgan fingerprint density at radius 1 is 0.964 bits per heavy atom. The van der Waals surface area contributed by atoms with Crippen LogP contribution in [0.5, 0.6) is 0 Å². The highest BCUT2D eigenvalue weighted by Crippen LogP contribution is 2.30. The minimum atomic E-state index is -2.80. The molecule has 0 bridgehead atoms. The van der Waals surface area contributed by atoms with E-state index in [2.05, 4.69) is 53.4 Å². The predicted octanol–water partition coefficient (Wildman–Crippen LogP) is 6.28. The lowest BCUT2D eigenvalue weighted by Crippen LogP contribution is -2.30. The Hall–Kier alpha value is -2.52. The summed E-state index contributed by atoms with van der Waals surface area (Å²) in [6, 6.07) is 21.8. The number of rotatable bonds is 5. The second-order valence-electron chi connectivity index (χ2n) is 7.64. The first-order valence-corrected chi connectivity index (χ1v) is 9.87. The Morgan fingerprint density at radius 3 is 2.54 bits per heavy atom. The SMILES string of the molecule is CC(F)(F)c1cccc(C2=CCN(CCc3cccc4ccccc34)CC2)c1. The molecule has 28 heavy (non-hydrogen) atoms. The molecule has 0 aromatic heterocycles. The first-order valence-electron chi connectivity index (χ1n) is 9.87. The lowest BCUT2D eigenvalue weighted by Gasteiger charge is -2.27. The van der Waals surface area contributed by atoms with Crippen LogP contribution < -0.4 is 0 Å². The Morgan fingerprint density at radius 2 is 1.75 bits per heavy atom. The first-order chi connectivity index (χ1) is 13.5. The standard InChI is InChI=1S/C25H25F2N/c1-25(26,27)23-10-5-9-22(18-23)19-12-15-28(16-13-19)17-14-21-8-4-7-20-6-2-3-11-24(20)21/h2-12,18H,13-17H2,1H3. The van der Waals surface area contributed by atoms with E-state index in [1.165, 1.54) is 28.0 Å². The van der Waals surface area contributed by atoms with Crippen LogP contribution in [0.15, 0.2) is 72.8 Å². The summed E-state index contributed by atoms with van der Waals surface area (Å²) in [7, 11) is 0. The van der Waals surface area contributed by atoms with E-state index >= 15 is 0 Å². The molecule has 0 unspecified atom stereocenters. The van der Waals surface area contributed by atoms with Crippen molar-refractivity contribution in [2.45, 2.75) is 25.7 Å². The summed E-state index contributed by atoms with van der Waals surface area (Å²) in [6.07, 6.45) is 4.11. The van der Waals surface area contributed by atoms with E-state index < -0.39 is 5.92 Å². The van der Waals surface area contributed by atoms with Gasteiger partial charge >= 0.3 is 0 Å². The van der Waals surface area contributed by atoms with Gasteiger partial charge in [-0.3, -0.25) is 4.90 Å². The number of fused-ring (bicyclic) bond motifs is 1. The van der Waals surface area contributed by atoms with Crippen molar-refractivity contribution in [2.24, 2.45) is 0 Å². The van der Waals surface area contributed by atoms with Crippen molar-refractivity contribution in [3.63, 3.8) is 0 Å². The highest BCUT2D eigenvalue weighted by Gasteiger charge is 2.24. The molecule has 0 amide bonds. The van der Waals surface area contributed by atoms with Gasteiger partial charge in [0, 0.05) is 32.1 Å². The highest BCUT2D eigenvalue weighted by molar-refractivity contribution is 5.85. The molecular formula is C25H25F2N. The van der Waals surface area contributed by atoms with Crippen LogP contribution in [0.1, 0.15) is 30.0 Å². The van der Waals surface area contributed by atoms with Crippen LogP contribution in [0.2, 0.25) is 0 Å². The fourth-order valence-corrected chi connectivity index (χ4v) is 3.96. The highest BCUT2D eigenvalue weighted by atomic mass is 19.3. The fourth-order valence-electron chi connectivity index (χ4n) is 3.96. The van der Waals surface area contributed by atoms with E-state index in [9.17, 15) is 8.78 Å². The van der Waals surface area contributed by atoms with Crippen molar-refractivity contribution >= 4 is 16.3 Å². The number of alkyl halides is 2.